The maximum atomic E-state index is 13.1. The number of fused-ring (bicyclic) bond motifs is 1. The molecular formula is C23H30N4O4S. The molecule has 8 nitrogen and oxygen atoms in total. The zero-order valence-electron chi connectivity index (χ0n) is 19.3. The number of nitrogens with zero attached hydrogens (tertiary/aromatic N) is 3. The summed E-state index contributed by atoms with van der Waals surface area (Å²) in [6, 6.07) is 8.06. The Balaban J connectivity index is 1.86. The lowest BCUT2D eigenvalue weighted by molar-refractivity contribution is 0.0941. The van der Waals surface area contributed by atoms with Crippen molar-refractivity contribution in [2.45, 2.75) is 58.4 Å². The van der Waals surface area contributed by atoms with Gasteiger partial charge in [-0.15, -0.1) is 0 Å². The fraction of sp³-hybridized carbons (Fsp3) is 0.435. The van der Waals surface area contributed by atoms with Crippen LogP contribution in [0.3, 0.4) is 0 Å². The van der Waals surface area contributed by atoms with Crippen LogP contribution in [0.4, 0.5) is 0 Å². The molecule has 3 rings (SSSR count). The number of rotatable bonds is 8. The summed E-state index contributed by atoms with van der Waals surface area (Å²) in [5.41, 5.74) is 2.96. The molecule has 1 unspecified atom stereocenters. The quantitative estimate of drug-likeness (QED) is 0.543. The van der Waals surface area contributed by atoms with Gasteiger partial charge in [-0.25, -0.2) is 13.4 Å². The van der Waals surface area contributed by atoms with Crippen LogP contribution in [0.1, 0.15) is 73.9 Å². The second-order valence-corrected chi connectivity index (χ2v) is 9.99. The Bertz CT molecular complexity index is 1210. The van der Waals surface area contributed by atoms with Gasteiger partial charge in [0.25, 0.3) is 11.6 Å². The molecule has 1 atom stereocenters. The van der Waals surface area contributed by atoms with E-state index in [-0.39, 0.29) is 22.8 Å². The number of benzene rings is 1. The van der Waals surface area contributed by atoms with Crippen LogP contribution in [0.5, 0.6) is 0 Å². The first-order chi connectivity index (χ1) is 15.1. The van der Waals surface area contributed by atoms with Crippen molar-refractivity contribution in [3.63, 3.8) is 0 Å². The molecule has 0 bridgehead atoms. The van der Waals surface area contributed by atoms with E-state index in [0.717, 1.165) is 11.3 Å². The van der Waals surface area contributed by atoms with Crippen LogP contribution in [-0.2, 0) is 10.0 Å². The van der Waals surface area contributed by atoms with Crippen molar-refractivity contribution in [2.75, 3.05) is 13.1 Å². The predicted octanol–water partition coefficient (Wildman–Crippen LogP) is 4.18. The summed E-state index contributed by atoms with van der Waals surface area (Å²) >= 11 is 0. The van der Waals surface area contributed by atoms with E-state index < -0.39 is 10.0 Å². The number of hydrogen-bond acceptors (Lipinski definition) is 6. The third-order valence-electron chi connectivity index (χ3n) is 5.54. The molecule has 1 amide bonds. The van der Waals surface area contributed by atoms with Gasteiger partial charge in [0, 0.05) is 18.8 Å². The molecule has 0 saturated heterocycles. The lowest BCUT2D eigenvalue weighted by Crippen LogP contribution is -2.30. The molecule has 0 saturated carbocycles. The van der Waals surface area contributed by atoms with E-state index >= 15 is 0 Å². The molecule has 1 N–H and O–H groups in total. The maximum absolute atomic E-state index is 13.1. The van der Waals surface area contributed by atoms with E-state index in [9.17, 15) is 13.2 Å². The SMILES string of the molecule is CCN(CC)S(=O)(=O)c1ccc(C(C)NC(=O)c2cc(C(C)C)nc3onc(C)c23)cc1. The summed E-state index contributed by atoms with van der Waals surface area (Å²) in [6.07, 6.45) is 0. The molecule has 2 aromatic heterocycles. The van der Waals surface area contributed by atoms with Crippen molar-refractivity contribution in [3.8, 4) is 0 Å². The molecule has 1 aromatic carbocycles. The van der Waals surface area contributed by atoms with E-state index in [2.05, 4.69) is 15.5 Å². The van der Waals surface area contributed by atoms with E-state index in [1.54, 1.807) is 37.3 Å². The van der Waals surface area contributed by atoms with Crippen molar-refractivity contribution in [1.82, 2.24) is 19.8 Å². The van der Waals surface area contributed by atoms with Crippen LogP contribution in [-0.4, -0.2) is 41.9 Å². The number of nitrogens with one attached hydrogen (secondary N) is 1. The predicted molar refractivity (Wildman–Crippen MR) is 123 cm³/mol. The zero-order valence-corrected chi connectivity index (χ0v) is 20.2. The van der Waals surface area contributed by atoms with Crippen LogP contribution in [0, 0.1) is 6.92 Å². The van der Waals surface area contributed by atoms with Gasteiger partial charge in [0.05, 0.1) is 27.6 Å². The molecular weight excluding hydrogens is 428 g/mol. The Labute approximate surface area is 189 Å². The minimum atomic E-state index is -3.52. The number of carbonyl (C=O) groups is 1. The summed E-state index contributed by atoms with van der Waals surface area (Å²) in [6.45, 7) is 12.1. The molecule has 3 aromatic rings. The molecule has 0 aliphatic carbocycles. The average molecular weight is 459 g/mol. The van der Waals surface area contributed by atoms with E-state index in [0.29, 0.717) is 35.4 Å². The van der Waals surface area contributed by atoms with Gasteiger partial charge in [-0.2, -0.15) is 4.31 Å². The number of pyridine rings is 1. The smallest absolute Gasteiger partial charge is 0.259 e. The normalized spacial score (nSPS) is 13.1. The molecule has 0 spiro atoms. The van der Waals surface area contributed by atoms with E-state index in [4.69, 9.17) is 4.52 Å². The van der Waals surface area contributed by atoms with Crippen molar-refractivity contribution in [3.05, 3.63) is 52.8 Å². The largest absolute Gasteiger partial charge is 0.345 e. The number of carbonyl (C=O) groups excluding carboxylic acids is 1. The van der Waals surface area contributed by atoms with Gasteiger partial charge in [0.1, 0.15) is 0 Å². The summed E-state index contributed by atoms with van der Waals surface area (Å²) in [4.78, 5) is 17.9. The Hall–Kier alpha value is -2.78. The second-order valence-electron chi connectivity index (χ2n) is 8.05. The highest BCUT2D eigenvalue weighted by Gasteiger charge is 2.23. The maximum Gasteiger partial charge on any atom is 0.259 e. The zero-order chi connectivity index (χ0) is 23.6. The average Bonchev–Trinajstić information content (AvgIpc) is 3.14. The number of sulfonamides is 1. The molecule has 9 heteroatoms. The minimum absolute atomic E-state index is 0.120. The fourth-order valence-electron chi connectivity index (χ4n) is 3.59. The van der Waals surface area contributed by atoms with Crippen LogP contribution >= 0.6 is 0 Å². The first kappa shape index (κ1) is 23.9. The Morgan fingerprint density at radius 2 is 1.75 bits per heavy atom. The van der Waals surface area contributed by atoms with E-state index in [1.807, 2.05) is 34.6 Å². The summed E-state index contributed by atoms with van der Waals surface area (Å²) in [5, 5.41) is 7.55. The van der Waals surface area contributed by atoms with Gasteiger partial charge in [-0.1, -0.05) is 45.0 Å². The number of hydrogen-bond donors (Lipinski definition) is 1. The molecule has 2 heterocycles. The second kappa shape index (κ2) is 9.38. The van der Waals surface area contributed by atoms with Crippen LogP contribution in [0.15, 0.2) is 39.8 Å². The van der Waals surface area contributed by atoms with Crippen molar-refractivity contribution in [2.24, 2.45) is 0 Å². The van der Waals surface area contributed by atoms with Gasteiger partial charge in [0.15, 0.2) is 0 Å². The van der Waals surface area contributed by atoms with Crippen LogP contribution in [0.25, 0.3) is 11.1 Å². The first-order valence-corrected chi connectivity index (χ1v) is 12.2. The van der Waals surface area contributed by atoms with Gasteiger partial charge in [-0.05, 0) is 43.5 Å². The Morgan fingerprint density at radius 1 is 1.12 bits per heavy atom. The standard InChI is InChI=1S/C23H30N4O4S/c1-7-27(8-2)32(29,30)18-11-9-17(10-12-18)15(5)24-22(28)19-13-20(14(3)4)25-23-21(19)16(6)26-31-23/h9-15H,7-8H2,1-6H3,(H,24,28). The molecule has 0 radical (unpaired) electrons. The summed E-state index contributed by atoms with van der Waals surface area (Å²) in [5.74, 6) is -0.146. The lowest BCUT2D eigenvalue weighted by Gasteiger charge is -2.19. The highest BCUT2D eigenvalue weighted by atomic mass is 32.2. The van der Waals surface area contributed by atoms with Crippen molar-refractivity contribution < 1.29 is 17.7 Å². The topological polar surface area (TPSA) is 105 Å². The lowest BCUT2D eigenvalue weighted by atomic mass is 10.0. The van der Waals surface area contributed by atoms with Crippen LogP contribution in [0.2, 0.25) is 0 Å². The molecule has 0 fully saturated rings. The van der Waals surface area contributed by atoms with Gasteiger partial charge in [0.2, 0.25) is 10.0 Å². The number of amides is 1. The van der Waals surface area contributed by atoms with Crippen molar-refractivity contribution in [1.29, 1.82) is 0 Å². The third kappa shape index (κ3) is 4.54. The fourth-order valence-corrected chi connectivity index (χ4v) is 5.05. The first-order valence-electron chi connectivity index (χ1n) is 10.8. The van der Waals surface area contributed by atoms with Gasteiger partial charge >= 0.3 is 0 Å². The molecule has 172 valence electrons. The highest BCUT2D eigenvalue weighted by molar-refractivity contribution is 7.89. The van der Waals surface area contributed by atoms with Gasteiger partial charge in [-0.3, -0.25) is 4.79 Å². The van der Waals surface area contributed by atoms with Crippen molar-refractivity contribution >= 4 is 27.0 Å². The molecule has 0 aliphatic heterocycles. The van der Waals surface area contributed by atoms with Crippen LogP contribution < -0.4 is 5.32 Å². The van der Waals surface area contributed by atoms with E-state index in [1.165, 1.54) is 4.31 Å². The summed E-state index contributed by atoms with van der Waals surface area (Å²) in [7, 11) is -3.52. The number of aryl methyl sites for hydroxylation is 1. The Kier molecular flexibility index (Phi) is 7.00. The third-order valence-corrected chi connectivity index (χ3v) is 7.61. The van der Waals surface area contributed by atoms with Gasteiger partial charge < -0.3 is 9.84 Å². The Morgan fingerprint density at radius 3 is 2.31 bits per heavy atom. The highest BCUT2D eigenvalue weighted by Crippen LogP contribution is 2.26. The summed E-state index contributed by atoms with van der Waals surface area (Å²) < 4.78 is 32.1. The molecule has 0 aliphatic rings. The molecule has 32 heavy (non-hydrogen) atoms. The minimum Gasteiger partial charge on any atom is -0.345 e. The monoisotopic (exact) mass is 458 g/mol. The number of aromatic nitrogens is 2.